The summed E-state index contributed by atoms with van der Waals surface area (Å²) < 4.78 is 12.4. The van der Waals surface area contributed by atoms with Crippen LogP contribution in [0.25, 0.3) is 16.6 Å². The van der Waals surface area contributed by atoms with E-state index in [0.717, 1.165) is 5.69 Å². The molecule has 1 saturated heterocycles. The third-order valence-corrected chi connectivity index (χ3v) is 7.37. The Balaban J connectivity index is 1.38. The van der Waals surface area contributed by atoms with E-state index in [0.29, 0.717) is 37.6 Å². The number of nitrogens with one attached hydrogen (secondary N) is 1. The Hall–Kier alpha value is -4.53. The number of fused-ring (bicyclic) bond motifs is 1. The molecule has 0 radical (unpaired) electrons. The Kier molecular flexibility index (Phi) is 8.35. The fourth-order valence-corrected chi connectivity index (χ4v) is 5.33. The minimum atomic E-state index is -0.546. The van der Waals surface area contributed by atoms with Gasteiger partial charge in [0.1, 0.15) is 22.9 Å². The van der Waals surface area contributed by atoms with E-state index < -0.39 is 11.2 Å². The first kappa shape index (κ1) is 29.9. The lowest BCUT2D eigenvalue weighted by atomic mass is 10.2. The van der Waals surface area contributed by atoms with E-state index in [9.17, 15) is 14.9 Å². The number of aromatic nitrogens is 3. The molecule has 0 aliphatic carbocycles. The Labute approximate surface area is 258 Å². The topological polar surface area (TPSA) is 126 Å². The molecule has 3 heterocycles. The third kappa shape index (κ3) is 6.30. The highest BCUT2D eigenvalue weighted by atomic mass is 35.5. The summed E-state index contributed by atoms with van der Waals surface area (Å²) in [6.07, 6.45) is 2.42. The van der Waals surface area contributed by atoms with Gasteiger partial charge in [0.05, 0.1) is 39.5 Å². The monoisotopic (exact) mass is 621 g/mol. The van der Waals surface area contributed by atoms with Crippen molar-refractivity contribution in [3.05, 3.63) is 74.8 Å². The summed E-state index contributed by atoms with van der Waals surface area (Å²) in [7, 11) is 1.58. The van der Waals surface area contributed by atoms with Crippen LogP contribution in [0.4, 0.5) is 22.1 Å². The second kappa shape index (κ2) is 12.0. The van der Waals surface area contributed by atoms with Gasteiger partial charge in [0.15, 0.2) is 0 Å². The first-order valence-corrected chi connectivity index (χ1v) is 14.2. The number of rotatable bonds is 5. The number of carbonyl (C=O) groups is 1. The smallest absolute Gasteiger partial charge is 0.410 e. The van der Waals surface area contributed by atoms with Gasteiger partial charge in [-0.1, -0.05) is 29.3 Å². The number of amides is 1. The predicted molar refractivity (Wildman–Crippen MR) is 166 cm³/mol. The minimum Gasteiger partial charge on any atom is -0.495 e. The zero-order chi connectivity index (χ0) is 30.9. The lowest BCUT2D eigenvalue weighted by Gasteiger charge is -2.37. The maximum Gasteiger partial charge on any atom is 0.410 e. The van der Waals surface area contributed by atoms with Gasteiger partial charge in [-0.15, -0.1) is 0 Å². The first-order valence-electron chi connectivity index (χ1n) is 13.4. The Morgan fingerprint density at radius 1 is 1.09 bits per heavy atom. The van der Waals surface area contributed by atoms with E-state index in [2.05, 4.69) is 26.3 Å². The Bertz CT molecular complexity index is 1790. The van der Waals surface area contributed by atoms with E-state index in [1.807, 2.05) is 39.0 Å². The van der Waals surface area contributed by atoms with Crippen molar-refractivity contribution in [2.45, 2.75) is 26.4 Å². The van der Waals surface area contributed by atoms with Crippen LogP contribution >= 0.6 is 23.2 Å². The number of nitriles is 1. The number of anilines is 3. The highest BCUT2D eigenvalue weighted by Crippen LogP contribution is 2.33. The molecule has 1 aliphatic rings. The second-order valence-electron chi connectivity index (χ2n) is 10.8. The van der Waals surface area contributed by atoms with E-state index in [1.54, 1.807) is 30.2 Å². The molecule has 1 N–H and O–H groups in total. The quantitative estimate of drug-likeness (QED) is 0.295. The van der Waals surface area contributed by atoms with E-state index in [4.69, 9.17) is 32.7 Å². The van der Waals surface area contributed by atoms with Gasteiger partial charge in [-0.05, 0) is 45.0 Å². The minimum absolute atomic E-state index is 0.138. The van der Waals surface area contributed by atoms with Gasteiger partial charge in [-0.3, -0.25) is 9.36 Å². The molecular formula is C30H29Cl2N7O4. The standard InChI is InChI=1S/C30H29Cl2N7O4/c1-30(2,3)43-29(41)38-12-10-37(11-13-38)23-9-8-19(14-24(23)42-4)35-28-34-16-20-25(36-28)18(15-33)17-39(27(20)40)26-21(31)6-5-7-22(26)32/h5-9,14,16-17H,10-13H2,1-4H3,(H,34,35,36). The molecule has 4 aromatic rings. The van der Waals surface area contributed by atoms with Gasteiger partial charge in [0.25, 0.3) is 5.56 Å². The predicted octanol–water partition coefficient (Wildman–Crippen LogP) is 5.77. The van der Waals surface area contributed by atoms with Gasteiger partial charge in [-0.25, -0.2) is 14.8 Å². The number of hydrogen-bond donors (Lipinski definition) is 1. The number of ether oxygens (including phenoxy) is 2. The normalized spacial score (nSPS) is 13.5. The first-order chi connectivity index (χ1) is 20.5. The fourth-order valence-electron chi connectivity index (χ4n) is 4.75. The van der Waals surface area contributed by atoms with Crippen LogP contribution in [0.1, 0.15) is 26.3 Å². The molecule has 222 valence electrons. The third-order valence-electron chi connectivity index (χ3n) is 6.76. The van der Waals surface area contributed by atoms with Crippen molar-refractivity contribution in [3.63, 3.8) is 0 Å². The van der Waals surface area contributed by atoms with Crippen LogP contribution in [0.2, 0.25) is 10.0 Å². The van der Waals surface area contributed by atoms with Crippen LogP contribution in [-0.4, -0.2) is 64.4 Å². The molecule has 0 atom stereocenters. The van der Waals surface area contributed by atoms with Crippen LogP contribution in [0.5, 0.6) is 5.75 Å². The molecule has 2 aromatic heterocycles. The molecule has 2 aromatic carbocycles. The average molecular weight is 623 g/mol. The molecule has 1 aliphatic heterocycles. The molecule has 43 heavy (non-hydrogen) atoms. The number of nitrogens with zero attached hydrogens (tertiary/aromatic N) is 6. The summed E-state index contributed by atoms with van der Waals surface area (Å²) in [5.41, 5.74) is 1.12. The van der Waals surface area contributed by atoms with E-state index in [-0.39, 0.29) is 44.2 Å². The molecule has 1 fully saturated rings. The lowest BCUT2D eigenvalue weighted by Crippen LogP contribution is -2.50. The maximum atomic E-state index is 13.3. The zero-order valence-electron chi connectivity index (χ0n) is 24.0. The van der Waals surface area contributed by atoms with Gasteiger partial charge < -0.3 is 24.6 Å². The number of benzene rings is 2. The maximum absolute atomic E-state index is 13.3. The molecule has 0 saturated carbocycles. The van der Waals surface area contributed by atoms with Crippen molar-refractivity contribution < 1.29 is 14.3 Å². The van der Waals surface area contributed by atoms with Crippen molar-refractivity contribution >= 4 is 57.5 Å². The Morgan fingerprint density at radius 3 is 2.42 bits per heavy atom. The summed E-state index contributed by atoms with van der Waals surface area (Å²) in [6, 6.07) is 12.6. The number of pyridine rings is 1. The van der Waals surface area contributed by atoms with Gasteiger partial charge in [0, 0.05) is 50.3 Å². The largest absolute Gasteiger partial charge is 0.495 e. The molecule has 0 unspecified atom stereocenters. The van der Waals surface area contributed by atoms with Crippen LogP contribution in [0.3, 0.4) is 0 Å². The number of carbonyl (C=O) groups excluding carboxylic acids is 1. The van der Waals surface area contributed by atoms with E-state index >= 15 is 0 Å². The van der Waals surface area contributed by atoms with Crippen LogP contribution in [0, 0.1) is 11.3 Å². The van der Waals surface area contributed by atoms with Crippen molar-refractivity contribution in [3.8, 4) is 17.5 Å². The average Bonchev–Trinajstić information content (AvgIpc) is 2.97. The van der Waals surface area contributed by atoms with Crippen LogP contribution < -0.4 is 20.5 Å². The molecule has 5 rings (SSSR count). The molecule has 13 heteroatoms. The zero-order valence-corrected chi connectivity index (χ0v) is 25.5. The highest BCUT2D eigenvalue weighted by molar-refractivity contribution is 6.37. The number of halogens is 2. The number of methoxy groups -OCH3 is 1. The number of hydrogen-bond acceptors (Lipinski definition) is 9. The summed E-state index contributed by atoms with van der Waals surface area (Å²) >= 11 is 12.6. The lowest BCUT2D eigenvalue weighted by molar-refractivity contribution is 0.0240. The van der Waals surface area contributed by atoms with Crippen molar-refractivity contribution in [1.29, 1.82) is 5.26 Å². The van der Waals surface area contributed by atoms with E-state index in [1.165, 1.54) is 17.0 Å². The number of para-hydroxylation sites is 1. The summed E-state index contributed by atoms with van der Waals surface area (Å²) in [5.74, 6) is 0.812. The molecule has 0 spiro atoms. The summed E-state index contributed by atoms with van der Waals surface area (Å²) in [4.78, 5) is 38.4. The Morgan fingerprint density at radius 2 is 1.79 bits per heavy atom. The fraction of sp³-hybridized carbons (Fsp3) is 0.300. The number of piperazine rings is 1. The second-order valence-corrected chi connectivity index (χ2v) is 11.6. The molecular weight excluding hydrogens is 593 g/mol. The molecule has 1 amide bonds. The SMILES string of the molecule is COc1cc(Nc2ncc3c(=O)n(-c4c(Cl)cccc4Cl)cc(C#N)c3n2)ccc1N1CCN(C(=O)OC(C)(C)C)CC1. The van der Waals surface area contributed by atoms with Crippen LogP contribution in [-0.2, 0) is 4.74 Å². The van der Waals surface area contributed by atoms with Crippen LogP contribution in [0.15, 0.2) is 53.6 Å². The highest BCUT2D eigenvalue weighted by Gasteiger charge is 2.27. The summed E-state index contributed by atoms with van der Waals surface area (Å²) in [6.45, 7) is 7.82. The van der Waals surface area contributed by atoms with Gasteiger partial charge in [0.2, 0.25) is 5.95 Å². The van der Waals surface area contributed by atoms with Gasteiger partial charge in [-0.2, -0.15) is 5.26 Å². The van der Waals surface area contributed by atoms with Crippen molar-refractivity contribution in [1.82, 2.24) is 19.4 Å². The van der Waals surface area contributed by atoms with Gasteiger partial charge >= 0.3 is 6.09 Å². The van der Waals surface area contributed by atoms with Crippen molar-refractivity contribution in [2.75, 3.05) is 43.5 Å². The molecule has 0 bridgehead atoms. The summed E-state index contributed by atoms with van der Waals surface area (Å²) in [5, 5.41) is 13.7. The van der Waals surface area contributed by atoms with Crippen molar-refractivity contribution in [2.24, 2.45) is 0 Å². The molecule has 11 nitrogen and oxygen atoms in total.